The minimum atomic E-state index is -0.581. The van der Waals surface area contributed by atoms with Crippen molar-refractivity contribution in [2.45, 2.75) is 118 Å². The van der Waals surface area contributed by atoms with Crippen molar-refractivity contribution >= 4 is 7.26 Å². The molecule has 0 saturated heterocycles. The number of halogens is 1. The van der Waals surface area contributed by atoms with Gasteiger partial charge in [0.2, 0.25) is 0 Å². The van der Waals surface area contributed by atoms with Crippen molar-refractivity contribution in [1.82, 2.24) is 0 Å². The number of unbranched alkanes of at least 4 members (excludes halogenated alkanes) is 12. The van der Waals surface area contributed by atoms with Crippen molar-refractivity contribution in [2.24, 2.45) is 0 Å². The van der Waals surface area contributed by atoms with E-state index in [1.807, 2.05) is 0 Å². The average Bonchev–Trinajstić information content (AvgIpc) is 2.58. The van der Waals surface area contributed by atoms with E-state index < -0.39 is 7.26 Å². The van der Waals surface area contributed by atoms with Crippen LogP contribution < -0.4 is 12.4 Å². The molecule has 0 heterocycles. The lowest BCUT2D eigenvalue weighted by molar-refractivity contribution is -0.00000533. The largest absolute Gasteiger partial charge is 1.00 e. The lowest BCUT2D eigenvalue weighted by Gasteiger charge is -2.25. The van der Waals surface area contributed by atoms with Gasteiger partial charge in [-0.1, -0.05) is 78.1 Å². The second-order valence-electron chi connectivity index (χ2n) is 7.66. The van der Waals surface area contributed by atoms with Gasteiger partial charge in [-0.15, -0.1) is 0 Å². The van der Waals surface area contributed by atoms with Crippen LogP contribution in [-0.2, 0) is 0 Å². The highest BCUT2D eigenvalue weighted by Gasteiger charge is 2.31. The summed E-state index contributed by atoms with van der Waals surface area (Å²) in [5.74, 6) is 0. The molecular formula is C22H48ClP. The molecule has 0 aliphatic carbocycles. The van der Waals surface area contributed by atoms with Crippen LogP contribution in [0.4, 0.5) is 0 Å². The van der Waals surface area contributed by atoms with Gasteiger partial charge in [0.05, 0.1) is 24.6 Å². The first kappa shape index (κ1) is 26.9. The molecule has 0 unspecified atom stereocenters. The van der Waals surface area contributed by atoms with E-state index in [1.165, 1.54) is 102 Å². The Bertz CT molecular complexity index is 206. The molecule has 0 rings (SSSR count). The molecule has 0 aromatic rings. The van der Waals surface area contributed by atoms with Gasteiger partial charge in [0.25, 0.3) is 0 Å². The summed E-state index contributed by atoms with van der Waals surface area (Å²) in [6.07, 6.45) is 26.8. The van der Waals surface area contributed by atoms with E-state index in [-0.39, 0.29) is 12.4 Å². The highest BCUT2D eigenvalue weighted by molar-refractivity contribution is 7.75. The molecular weight excluding hydrogens is 331 g/mol. The molecule has 0 aromatic carbocycles. The van der Waals surface area contributed by atoms with Crippen LogP contribution in [0.3, 0.4) is 0 Å². The normalized spacial score (nSPS) is 11.5. The lowest BCUT2D eigenvalue weighted by atomic mass is 10.1. The molecule has 0 saturated carbocycles. The van der Waals surface area contributed by atoms with E-state index in [0.717, 1.165) is 0 Å². The lowest BCUT2D eigenvalue weighted by Crippen LogP contribution is -3.00. The molecule has 0 nitrogen and oxygen atoms in total. The fraction of sp³-hybridized carbons (Fsp3) is 1.00. The summed E-state index contributed by atoms with van der Waals surface area (Å²) < 4.78 is 0. The molecule has 0 N–H and O–H groups in total. The van der Waals surface area contributed by atoms with E-state index in [1.54, 1.807) is 12.3 Å². The van der Waals surface area contributed by atoms with Gasteiger partial charge < -0.3 is 12.4 Å². The van der Waals surface area contributed by atoms with Gasteiger partial charge in [0.1, 0.15) is 0 Å². The van der Waals surface area contributed by atoms with Gasteiger partial charge in [-0.2, -0.15) is 0 Å². The van der Waals surface area contributed by atoms with Gasteiger partial charge in [-0.05, 0) is 39.5 Å². The maximum absolute atomic E-state index is 2.49. The predicted octanol–water partition coefficient (Wildman–Crippen LogP) is 5.55. The van der Waals surface area contributed by atoms with Crippen molar-refractivity contribution in [3.05, 3.63) is 0 Å². The smallest absolute Gasteiger partial charge is 0.0594 e. The first-order chi connectivity index (χ1) is 11.2. The van der Waals surface area contributed by atoms with Gasteiger partial charge in [-0.3, -0.25) is 0 Å². The fourth-order valence-electron chi connectivity index (χ4n) is 3.78. The van der Waals surface area contributed by atoms with Gasteiger partial charge in [0.15, 0.2) is 0 Å². The maximum Gasteiger partial charge on any atom is 0.0594 e. The summed E-state index contributed by atoms with van der Waals surface area (Å²) in [5.41, 5.74) is 0. The quantitative estimate of drug-likeness (QED) is 0.217. The second kappa shape index (κ2) is 20.0. The summed E-state index contributed by atoms with van der Waals surface area (Å²) >= 11 is 0. The molecule has 2 heteroatoms. The van der Waals surface area contributed by atoms with Crippen molar-refractivity contribution < 1.29 is 12.4 Å². The fourth-order valence-corrected chi connectivity index (χ4v) is 7.50. The summed E-state index contributed by atoms with van der Waals surface area (Å²) in [5, 5.41) is 0. The van der Waals surface area contributed by atoms with Crippen molar-refractivity contribution in [1.29, 1.82) is 0 Å². The Labute approximate surface area is 162 Å². The molecule has 0 amide bonds. The average molecular weight is 379 g/mol. The van der Waals surface area contributed by atoms with E-state index >= 15 is 0 Å². The number of hydrogen-bond acceptors (Lipinski definition) is 0. The first-order valence-electron chi connectivity index (χ1n) is 11.1. The highest BCUT2D eigenvalue weighted by atomic mass is 35.5. The molecule has 148 valence electrons. The molecule has 0 aliphatic heterocycles. The van der Waals surface area contributed by atoms with Crippen LogP contribution in [0.2, 0.25) is 0 Å². The number of rotatable bonds is 18. The molecule has 0 aliphatic rings. The third-order valence-corrected chi connectivity index (χ3v) is 11.0. The van der Waals surface area contributed by atoms with Crippen LogP contribution in [-0.4, -0.2) is 24.6 Å². The number of hydrogen-bond donors (Lipinski definition) is 0. The summed E-state index contributed by atoms with van der Waals surface area (Å²) in [7, 11) is -0.581. The zero-order valence-corrected chi connectivity index (χ0v) is 19.2. The third-order valence-electron chi connectivity index (χ3n) is 5.81. The molecule has 0 fully saturated rings. The first-order valence-corrected chi connectivity index (χ1v) is 13.6. The predicted molar refractivity (Wildman–Crippen MR) is 114 cm³/mol. The van der Waals surface area contributed by atoms with Crippen LogP contribution in [0.15, 0.2) is 0 Å². The minimum Gasteiger partial charge on any atom is -1.00 e. The van der Waals surface area contributed by atoms with Crippen LogP contribution in [0.5, 0.6) is 0 Å². The van der Waals surface area contributed by atoms with Crippen LogP contribution >= 0.6 is 7.26 Å². The monoisotopic (exact) mass is 378 g/mol. The van der Waals surface area contributed by atoms with Crippen molar-refractivity contribution in [2.75, 3.05) is 24.6 Å². The molecule has 0 radical (unpaired) electrons. The highest BCUT2D eigenvalue weighted by Crippen LogP contribution is 2.59. The van der Waals surface area contributed by atoms with Crippen molar-refractivity contribution in [3.8, 4) is 0 Å². The van der Waals surface area contributed by atoms with Crippen LogP contribution in [0, 0.1) is 0 Å². The third kappa shape index (κ3) is 15.0. The Morgan fingerprint density at radius 2 is 0.708 bits per heavy atom. The van der Waals surface area contributed by atoms with Gasteiger partial charge >= 0.3 is 0 Å². The Kier molecular flexibility index (Phi) is 22.5. The molecule has 0 bridgehead atoms. The second-order valence-corrected chi connectivity index (χ2v) is 12.5. The Hall–Kier alpha value is 0.720. The zero-order chi connectivity index (χ0) is 17.2. The van der Waals surface area contributed by atoms with Crippen molar-refractivity contribution in [3.63, 3.8) is 0 Å². The summed E-state index contributed by atoms with van der Waals surface area (Å²) in [6.45, 7) is 9.59. The molecule has 0 atom stereocenters. The standard InChI is InChI=1S/C22H48P.ClH/c1-5-9-11-13-15-17-19-21-23(7-3,8-4)22-20-18-16-14-12-10-6-2;/h5-22H2,1-4H3;1H/q+1;/p-1. The topological polar surface area (TPSA) is 0 Å². The maximum atomic E-state index is 2.49. The molecule has 0 spiro atoms. The van der Waals surface area contributed by atoms with Crippen LogP contribution in [0.25, 0.3) is 0 Å². The van der Waals surface area contributed by atoms with E-state index in [0.29, 0.717) is 0 Å². The molecule has 0 aromatic heterocycles. The van der Waals surface area contributed by atoms with E-state index in [9.17, 15) is 0 Å². The summed E-state index contributed by atoms with van der Waals surface area (Å²) in [4.78, 5) is 0. The van der Waals surface area contributed by atoms with E-state index in [2.05, 4.69) is 27.7 Å². The Morgan fingerprint density at radius 1 is 0.417 bits per heavy atom. The minimum absolute atomic E-state index is 0. The van der Waals surface area contributed by atoms with Crippen LogP contribution in [0.1, 0.15) is 118 Å². The summed E-state index contributed by atoms with van der Waals surface area (Å²) in [6, 6.07) is 0. The Morgan fingerprint density at radius 3 is 1.00 bits per heavy atom. The Balaban J connectivity index is 0. The van der Waals surface area contributed by atoms with E-state index in [4.69, 9.17) is 0 Å². The molecule has 24 heavy (non-hydrogen) atoms. The SMILES string of the molecule is CCCCCCCCC[P+](CC)(CC)CCCCCCCCC.[Cl-]. The van der Waals surface area contributed by atoms with Gasteiger partial charge in [-0.25, -0.2) is 0 Å². The zero-order valence-electron chi connectivity index (χ0n) is 17.6. The van der Waals surface area contributed by atoms with Gasteiger partial charge in [0, 0.05) is 7.26 Å².